The topological polar surface area (TPSA) is 187 Å². The molecule has 1 aromatic heterocycles. The molecule has 2 aliphatic carbocycles. The third kappa shape index (κ3) is 5.84. The Balaban J connectivity index is 1.41. The second kappa shape index (κ2) is 12.7. The molecule has 236 valence electrons. The van der Waals surface area contributed by atoms with Crippen molar-refractivity contribution in [1.29, 1.82) is 0 Å². The number of H-pyrrole nitrogens is 1. The van der Waals surface area contributed by atoms with Gasteiger partial charge >= 0.3 is 5.97 Å². The fourth-order valence-corrected chi connectivity index (χ4v) is 7.07. The highest BCUT2D eigenvalue weighted by molar-refractivity contribution is 6.03. The molecule has 1 saturated carbocycles. The van der Waals surface area contributed by atoms with E-state index >= 15 is 0 Å². The predicted octanol–water partition coefficient (Wildman–Crippen LogP) is 3.02. The maximum absolute atomic E-state index is 14.0. The van der Waals surface area contributed by atoms with Crippen LogP contribution in [-0.4, -0.2) is 73.0 Å². The molecule has 5 rings (SSSR count). The van der Waals surface area contributed by atoms with Gasteiger partial charge in [0.2, 0.25) is 6.29 Å². The minimum Gasteiger partial charge on any atom is -0.506 e. The number of carbonyl (C=O) groups is 2. The van der Waals surface area contributed by atoms with Crippen molar-refractivity contribution in [3.63, 3.8) is 0 Å². The van der Waals surface area contributed by atoms with Gasteiger partial charge in [-0.05, 0) is 68.1 Å². The highest BCUT2D eigenvalue weighted by atomic mass is 16.7. The van der Waals surface area contributed by atoms with Crippen molar-refractivity contribution >= 4 is 11.8 Å². The number of ether oxygens (including phenoxy) is 2. The highest BCUT2D eigenvalue weighted by Gasteiger charge is 2.48. The molecule has 0 spiro atoms. The van der Waals surface area contributed by atoms with Crippen molar-refractivity contribution in [3.8, 4) is 22.6 Å². The Morgan fingerprint density at radius 1 is 1.07 bits per heavy atom. The van der Waals surface area contributed by atoms with E-state index in [4.69, 9.17) is 9.47 Å². The van der Waals surface area contributed by atoms with E-state index in [2.05, 4.69) is 18.0 Å². The Labute approximate surface area is 254 Å². The number of allylic oxidation sites excluding steroid dienone is 4. The second-order valence-electron chi connectivity index (χ2n) is 12.2. The summed E-state index contributed by atoms with van der Waals surface area (Å²) in [5.74, 6) is -1.78. The normalized spacial score (nSPS) is 33.8. The summed E-state index contributed by atoms with van der Waals surface area (Å²) in [6.45, 7) is 6.20. The maximum atomic E-state index is 14.0. The molecule has 1 saturated heterocycles. The summed E-state index contributed by atoms with van der Waals surface area (Å²) in [7, 11) is 0. The average Bonchev–Trinajstić information content (AvgIpc) is 2.99. The molecule has 0 unspecified atom stereocenters. The summed E-state index contributed by atoms with van der Waals surface area (Å²) >= 11 is 0. The van der Waals surface area contributed by atoms with Gasteiger partial charge in [-0.25, -0.2) is 4.79 Å². The van der Waals surface area contributed by atoms with Crippen LogP contribution in [-0.2, 0) is 9.53 Å². The zero-order valence-electron chi connectivity index (χ0n) is 24.8. The second-order valence-corrected chi connectivity index (χ2v) is 12.2. The van der Waals surface area contributed by atoms with Crippen molar-refractivity contribution in [3.05, 3.63) is 70.2 Å². The number of carboxylic acid groups (broad SMARTS) is 1. The summed E-state index contributed by atoms with van der Waals surface area (Å²) < 4.78 is 10.7. The Bertz CT molecular complexity index is 1510. The number of aliphatic hydroxyl groups is 3. The summed E-state index contributed by atoms with van der Waals surface area (Å²) in [5.41, 5.74) is 0.803. The molecule has 11 nitrogen and oxygen atoms in total. The number of ketones is 1. The Morgan fingerprint density at radius 2 is 1.77 bits per heavy atom. The average molecular weight is 610 g/mol. The van der Waals surface area contributed by atoms with E-state index < -0.39 is 59.7 Å². The summed E-state index contributed by atoms with van der Waals surface area (Å²) in [6.07, 6.45) is 1.70. The van der Waals surface area contributed by atoms with Gasteiger partial charge < -0.3 is 40.0 Å². The number of benzene rings is 1. The number of pyridine rings is 1. The van der Waals surface area contributed by atoms with E-state index in [0.717, 1.165) is 24.8 Å². The van der Waals surface area contributed by atoms with Gasteiger partial charge in [0.25, 0.3) is 5.56 Å². The van der Waals surface area contributed by atoms with Gasteiger partial charge in [-0.3, -0.25) is 9.59 Å². The zero-order chi connectivity index (χ0) is 31.9. The third-order valence-electron chi connectivity index (χ3n) is 9.36. The Kier molecular flexibility index (Phi) is 9.12. The number of Topliss-reactive ketones (excluding diaryl/α,β-unsaturated/α-hetero) is 1. The molecule has 0 radical (unpaired) electrons. The van der Waals surface area contributed by atoms with Crippen molar-refractivity contribution in [1.82, 2.24) is 4.98 Å². The standard InChI is InChI=1S/C33H39NO10/c1-4-5-20-21-12-15(2)6-11-19(21)16(3)13-22(20)25(35)24-26(36)23(14-34-31(24)40)17-7-9-18(10-8-17)43-33-29(39)27(37)28(38)30(44-33)32(41)42/h4-5,7-10,13-15,19-22,27-30,33,37-39H,6,11-12H2,1-3H3,(H,41,42)(H2,34,36,40)/b5-4+/t15-,19+,20+,21-,22+,27-,28-,29+,30-,33+/m0/s1. The van der Waals surface area contributed by atoms with Crippen LogP contribution in [0, 0.1) is 29.6 Å². The molecular weight excluding hydrogens is 570 g/mol. The summed E-state index contributed by atoms with van der Waals surface area (Å²) in [6, 6.07) is 5.97. The van der Waals surface area contributed by atoms with Crippen molar-refractivity contribution < 1.29 is 44.6 Å². The maximum Gasteiger partial charge on any atom is 0.335 e. The number of carboxylic acids is 1. The first-order chi connectivity index (χ1) is 20.9. The van der Waals surface area contributed by atoms with Crippen molar-refractivity contribution in [2.45, 2.75) is 70.7 Å². The largest absolute Gasteiger partial charge is 0.506 e. The number of aliphatic hydroxyl groups excluding tert-OH is 3. The molecule has 0 amide bonds. The number of hydrogen-bond donors (Lipinski definition) is 6. The quantitative estimate of drug-likeness (QED) is 0.201. The van der Waals surface area contributed by atoms with Crippen LogP contribution in [0.3, 0.4) is 0 Å². The molecule has 2 fully saturated rings. The first-order valence-corrected chi connectivity index (χ1v) is 14.9. The van der Waals surface area contributed by atoms with Crippen molar-refractivity contribution in [2.75, 3.05) is 0 Å². The molecule has 44 heavy (non-hydrogen) atoms. The minimum atomic E-state index is -1.85. The summed E-state index contributed by atoms with van der Waals surface area (Å²) in [5, 5.41) is 50.7. The number of rotatable bonds is 7. The van der Waals surface area contributed by atoms with Crippen molar-refractivity contribution in [2.24, 2.45) is 29.6 Å². The molecule has 2 heterocycles. The number of aromatic hydroxyl groups is 1. The van der Waals surface area contributed by atoms with Gasteiger partial charge in [0.1, 0.15) is 35.4 Å². The lowest BCUT2D eigenvalue weighted by molar-refractivity contribution is -0.271. The van der Waals surface area contributed by atoms with E-state index in [1.54, 1.807) is 0 Å². The smallest absolute Gasteiger partial charge is 0.335 e. The van der Waals surface area contributed by atoms with Crippen LogP contribution in [0.2, 0.25) is 0 Å². The molecule has 1 aliphatic heterocycles. The van der Waals surface area contributed by atoms with E-state index in [1.807, 2.05) is 26.0 Å². The lowest BCUT2D eigenvalue weighted by Gasteiger charge is -2.45. The van der Waals surface area contributed by atoms with Gasteiger partial charge in [0.15, 0.2) is 11.9 Å². The fraction of sp³-hybridized carbons (Fsp3) is 0.485. The molecular formula is C33H39NO10. The number of aromatic nitrogens is 1. The van der Waals surface area contributed by atoms with Gasteiger partial charge in [-0.15, -0.1) is 0 Å². The lowest BCUT2D eigenvalue weighted by Crippen LogP contribution is -2.61. The number of carbonyl (C=O) groups excluding carboxylic acids is 1. The zero-order valence-corrected chi connectivity index (χ0v) is 24.8. The Morgan fingerprint density at radius 3 is 2.43 bits per heavy atom. The molecule has 1 aromatic carbocycles. The summed E-state index contributed by atoms with van der Waals surface area (Å²) in [4.78, 5) is 41.0. The highest BCUT2D eigenvalue weighted by Crippen LogP contribution is 2.49. The van der Waals surface area contributed by atoms with Crippen LogP contribution in [0.1, 0.15) is 50.4 Å². The lowest BCUT2D eigenvalue weighted by atomic mass is 9.59. The third-order valence-corrected chi connectivity index (χ3v) is 9.36. The van der Waals surface area contributed by atoms with Crippen LogP contribution in [0.5, 0.6) is 11.5 Å². The molecule has 3 aliphatic rings. The predicted molar refractivity (Wildman–Crippen MR) is 159 cm³/mol. The van der Waals surface area contributed by atoms with Gasteiger partial charge in [0, 0.05) is 17.7 Å². The number of aliphatic carboxylic acids is 1. The molecule has 0 bridgehead atoms. The molecule has 10 atom stereocenters. The molecule has 11 heteroatoms. The van der Waals surface area contributed by atoms with Crippen LogP contribution >= 0.6 is 0 Å². The monoisotopic (exact) mass is 609 g/mol. The number of nitrogens with one attached hydrogen (secondary N) is 1. The van der Waals surface area contributed by atoms with E-state index in [9.17, 15) is 39.9 Å². The SMILES string of the molecule is C/C=C/[C@@H]1[C@H]2C[C@@H](C)CC[C@@H]2C(C)=C[C@H]1C(=O)c1c(O)c(-c2ccc(O[C@@H]3O[C@H](C(=O)O)[C@@H](O)[C@H](O)[C@H]3O)cc2)c[nH]c1=O. The van der Waals surface area contributed by atoms with E-state index in [1.165, 1.54) is 30.5 Å². The van der Waals surface area contributed by atoms with Crippen LogP contribution in [0.25, 0.3) is 11.1 Å². The number of hydrogen-bond acceptors (Lipinski definition) is 9. The van der Waals surface area contributed by atoms with E-state index in [0.29, 0.717) is 17.4 Å². The van der Waals surface area contributed by atoms with Crippen LogP contribution < -0.4 is 10.3 Å². The fourth-order valence-electron chi connectivity index (χ4n) is 7.07. The van der Waals surface area contributed by atoms with Crippen LogP contribution in [0.15, 0.2) is 59.1 Å². The Hall–Kier alpha value is -3.77. The number of fused-ring (bicyclic) bond motifs is 1. The van der Waals surface area contributed by atoms with Gasteiger partial charge in [-0.2, -0.15) is 0 Å². The van der Waals surface area contributed by atoms with Gasteiger partial charge in [0.05, 0.1) is 0 Å². The van der Waals surface area contributed by atoms with Gasteiger partial charge in [-0.1, -0.05) is 49.3 Å². The minimum absolute atomic E-state index is 0.0967. The number of aromatic amines is 1. The first kappa shape index (κ1) is 31.6. The molecule has 2 aromatic rings. The van der Waals surface area contributed by atoms with E-state index in [-0.39, 0.29) is 28.7 Å². The van der Waals surface area contributed by atoms with Crippen LogP contribution in [0.4, 0.5) is 0 Å². The first-order valence-electron chi connectivity index (χ1n) is 14.9. The molecule has 6 N–H and O–H groups in total.